The predicted octanol–water partition coefficient (Wildman–Crippen LogP) is 3.88. The quantitative estimate of drug-likeness (QED) is 0.848. The Bertz CT molecular complexity index is 525. The fourth-order valence-electron chi connectivity index (χ4n) is 2.03. The highest BCUT2D eigenvalue weighted by Crippen LogP contribution is 2.25. The normalized spacial score (nSPS) is 11.9. The number of benzene rings is 2. The summed E-state index contributed by atoms with van der Waals surface area (Å²) >= 11 is 5.90. The first-order valence-electron chi connectivity index (χ1n) is 6.50. The lowest BCUT2D eigenvalue weighted by atomic mass is 10.0. The van der Waals surface area contributed by atoms with Crippen LogP contribution in [-0.2, 0) is 0 Å². The van der Waals surface area contributed by atoms with E-state index >= 15 is 0 Å². The monoisotopic (exact) mass is 291 g/mol. The molecule has 2 aromatic carbocycles. The molecule has 1 unspecified atom stereocenters. The molecule has 0 aliphatic heterocycles. The van der Waals surface area contributed by atoms with Crippen LogP contribution in [0.3, 0.4) is 0 Å². The van der Waals surface area contributed by atoms with Crippen molar-refractivity contribution in [3.63, 3.8) is 0 Å². The molecule has 4 heteroatoms. The largest absolute Gasteiger partial charge is 0.497 e. The van der Waals surface area contributed by atoms with Crippen LogP contribution in [0.15, 0.2) is 48.5 Å². The Balaban J connectivity index is 2.13. The van der Waals surface area contributed by atoms with Gasteiger partial charge in [0, 0.05) is 17.3 Å². The van der Waals surface area contributed by atoms with E-state index in [1.165, 1.54) is 0 Å². The van der Waals surface area contributed by atoms with Gasteiger partial charge in [0.15, 0.2) is 0 Å². The van der Waals surface area contributed by atoms with Crippen molar-refractivity contribution in [2.75, 3.05) is 19.0 Å². The van der Waals surface area contributed by atoms with Crippen molar-refractivity contribution in [3.8, 4) is 5.75 Å². The number of aliphatic hydroxyl groups is 1. The van der Waals surface area contributed by atoms with Crippen LogP contribution in [0, 0.1) is 0 Å². The Kier molecular flexibility index (Phi) is 5.27. The van der Waals surface area contributed by atoms with Crippen molar-refractivity contribution >= 4 is 17.3 Å². The molecule has 1 atom stereocenters. The summed E-state index contributed by atoms with van der Waals surface area (Å²) < 4.78 is 5.14. The number of hydrogen-bond donors (Lipinski definition) is 2. The van der Waals surface area contributed by atoms with Crippen LogP contribution in [0.2, 0.25) is 5.02 Å². The van der Waals surface area contributed by atoms with E-state index in [0.717, 1.165) is 17.0 Å². The Hall–Kier alpha value is -1.71. The molecule has 0 aromatic heterocycles. The highest BCUT2D eigenvalue weighted by molar-refractivity contribution is 6.30. The van der Waals surface area contributed by atoms with Gasteiger partial charge in [-0.1, -0.05) is 23.7 Å². The number of anilines is 1. The maximum absolute atomic E-state index is 9.23. The summed E-state index contributed by atoms with van der Waals surface area (Å²) in [6.45, 7) is 0.121. The Morgan fingerprint density at radius 1 is 1.10 bits per heavy atom. The molecular weight excluding hydrogens is 274 g/mol. The number of nitrogens with one attached hydrogen (secondary N) is 1. The summed E-state index contributed by atoms with van der Waals surface area (Å²) in [4.78, 5) is 0. The van der Waals surface area contributed by atoms with E-state index in [-0.39, 0.29) is 12.6 Å². The first-order chi connectivity index (χ1) is 9.72. The lowest BCUT2D eigenvalue weighted by Gasteiger charge is -2.20. The smallest absolute Gasteiger partial charge is 0.119 e. The standard InChI is InChI=1S/C16H18ClNO2/c1-20-15-8-6-14(7-9-15)18-16(10-11-19)12-2-4-13(17)5-3-12/h2-9,16,18-19H,10-11H2,1H3. The van der Waals surface area contributed by atoms with Crippen molar-refractivity contribution < 1.29 is 9.84 Å². The molecule has 20 heavy (non-hydrogen) atoms. The number of hydrogen-bond acceptors (Lipinski definition) is 3. The van der Waals surface area contributed by atoms with Crippen molar-refractivity contribution in [2.45, 2.75) is 12.5 Å². The molecule has 0 bridgehead atoms. The van der Waals surface area contributed by atoms with Crippen LogP contribution >= 0.6 is 11.6 Å². The average Bonchev–Trinajstić information content (AvgIpc) is 2.48. The Labute approximate surface area is 124 Å². The highest BCUT2D eigenvalue weighted by Gasteiger charge is 2.10. The second-order valence-electron chi connectivity index (χ2n) is 4.49. The number of halogens is 1. The molecule has 0 saturated heterocycles. The maximum atomic E-state index is 9.23. The lowest BCUT2D eigenvalue weighted by molar-refractivity contribution is 0.280. The number of rotatable bonds is 6. The SMILES string of the molecule is COc1ccc(NC(CCO)c2ccc(Cl)cc2)cc1. The minimum absolute atomic E-state index is 0.0469. The number of aliphatic hydroxyl groups excluding tert-OH is 1. The zero-order valence-electron chi connectivity index (χ0n) is 11.3. The summed E-state index contributed by atoms with van der Waals surface area (Å²) in [5.41, 5.74) is 2.08. The summed E-state index contributed by atoms with van der Waals surface area (Å²) in [7, 11) is 1.64. The summed E-state index contributed by atoms with van der Waals surface area (Å²) in [5, 5.41) is 13.3. The summed E-state index contributed by atoms with van der Waals surface area (Å²) in [5.74, 6) is 0.820. The van der Waals surface area contributed by atoms with Crippen LogP contribution < -0.4 is 10.1 Å². The fraction of sp³-hybridized carbons (Fsp3) is 0.250. The van der Waals surface area contributed by atoms with Gasteiger partial charge in [0.1, 0.15) is 5.75 Å². The van der Waals surface area contributed by atoms with E-state index in [1.807, 2.05) is 48.5 Å². The molecule has 2 aromatic rings. The fourth-order valence-corrected chi connectivity index (χ4v) is 2.16. The number of methoxy groups -OCH3 is 1. The van der Waals surface area contributed by atoms with E-state index in [9.17, 15) is 5.11 Å². The molecule has 0 spiro atoms. The zero-order valence-corrected chi connectivity index (χ0v) is 12.1. The van der Waals surface area contributed by atoms with E-state index < -0.39 is 0 Å². The molecule has 2 rings (SSSR count). The molecule has 0 saturated carbocycles. The van der Waals surface area contributed by atoms with Gasteiger partial charge in [0.25, 0.3) is 0 Å². The molecule has 0 fully saturated rings. The second-order valence-corrected chi connectivity index (χ2v) is 4.93. The van der Waals surface area contributed by atoms with E-state index in [0.29, 0.717) is 11.4 Å². The van der Waals surface area contributed by atoms with E-state index in [2.05, 4.69) is 5.32 Å². The molecular formula is C16H18ClNO2. The predicted molar refractivity (Wildman–Crippen MR) is 82.5 cm³/mol. The van der Waals surface area contributed by atoms with Gasteiger partial charge in [-0.3, -0.25) is 0 Å². The summed E-state index contributed by atoms with van der Waals surface area (Å²) in [6, 6.07) is 15.4. The molecule has 0 heterocycles. The van der Waals surface area contributed by atoms with Crippen LogP contribution in [-0.4, -0.2) is 18.8 Å². The van der Waals surface area contributed by atoms with Crippen molar-refractivity contribution in [2.24, 2.45) is 0 Å². The molecule has 3 nitrogen and oxygen atoms in total. The van der Waals surface area contributed by atoms with Crippen molar-refractivity contribution in [1.82, 2.24) is 0 Å². The molecule has 106 valence electrons. The van der Waals surface area contributed by atoms with Gasteiger partial charge in [0.2, 0.25) is 0 Å². The van der Waals surface area contributed by atoms with Crippen LogP contribution in [0.25, 0.3) is 0 Å². The van der Waals surface area contributed by atoms with Gasteiger partial charge in [-0.15, -0.1) is 0 Å². The first-order valence-corrected chi connectivity index (χ1v) is 6.87. The molecule has 0 aliphatic rings. The first kappa shape index (κ1) is 14.7. The third-order valence-corrected chi connectivity index (χ3v) is 3.37. The zero-order chi connectivity index (χ0) is 14.4. The van der Waals surface area contributed by atoms with Gasteiger partial charge in [-0.2, -0.15) is 0 Å². The average molecular weight is 292 g/mol. The molecule has 0 radical (unpaired) electrons. The topological polar surface area (TPSA) is 41.5 Å². The third kappa shape index (κ3) is 3.89. The Morgan fingerprint density at radius 3 is 2.30 bits per heavy atom. The maximum Gasteiger partial charge on any atom is 0.119 e. The van der Waals surface area contributed by atoms with E-state index in [1.54, 1.807) is 7.11 Å². The van der Waals surface area contributed by atoms with Crippen LogP contribution in [0.4, 0.5) is 5.69 Å². The van der Waals surface area contributed by atoms with Crippen molar-refractivity contribution in [1.29, 1.82) is 0 Å². The van der Waals surface area contributed by atoms with Gasteiger partial charge in [-0.25, -0.2) is 0 Å². The lowest BCUT2D eigenvalue weighted by Crippen LogP contribution is -2.12. The minimum atomic E-state index is 0.0469. The Morgan fingerprint density at radius 2 is 1.75 bits per heavy atom. The van der Waals surface area contributed by atoms with Crippen LogP contribution in [0.5, 0.6) is 5.75 Å². The van der Waals surface area contributed by atoms with Crippen molar-refractivity contribution in [3.05, 3.63) is 59.1 Å². The molecule has 0 amide bonds. The minimum Gasteiger partial charge on any atom is -0.497 e. The molecule has 0 aliphatic carbocycles. The van der Waals surface area contributed by atoms with Gasteiger partial charge >= 0.3 is 0 Å². The summed E-state index contributed by atoms with van der Waals surface area (Å²) in [6.07, 6.45) is 0.633. The number of ether oxygens (including phenoxy) is 1. The van der Waals surface area contributed by atoms with Gasteiger partial charge in [0.05, 0.1) is 13.2 Å². The second kappa shape index (κ2) is 7.17. The van der Waals surface area contributed by atoms with Gasteiger partial charge in [-0.05, 0) is 48.4 Å². The van der Waals surface area contributed by atoms with Gasteiger partial charge < -0.3 is 15.2 Å². The third-order valence-electron chi connectivity index (χ3n) is 3.12. The molecule has 2 N–H and O–H groups in total. The highest BCUT2D eigenvalue weighted by atomic mass is 35.5. The van der Waals surface area contributed by atoms with Crippen LogP contribution in [0.1, 0.15) is 18.0 Å². The van der Waals surface area contributed by atoms with E-state index in [4.69, 9.17) is 16.3 Å².